The average molecular weight is 338 g/mol. The second-order valence-corrected chi connectivity index (χ2v) is 7.44. The third-order valence-corrected chi connectivity index (χ3v) is 5.10. The molecule has 1 fully saturated rings. The number of aromatic hydroxyl groups is 1. The Kier molecular flexibility index (Phi) is 5.37. The largest absolute Gasteiger partial charge is 0.508 e. The average Bonchev–Trinajstić information content (AvgIpc) is 3.13. The highest BCUT2D eigenvalue weighted by atomic mass is 35.5. The van der Waals surface area contributed by atoms with Crippen LogP contribution < -0.4 is 0 Å². The van der Waals surface area contributed by atoms with Crippen molar-refractivity contribution in [2.24, 2.45) is 0 Å². The van der Waals surface area contributed by atoms with Gasteiger partial charge in [0.25, 0.3) is 0 Å². The van der Waals surface area contributed by atoms with E-state index in [1.807, 2.05) is 24.3 Å². The van der Waals surface area contributed by atoms with Crippen LogP contribution in [0.3, 0.4) is 0 Å². The van der Waals surface area contributed by atoms with E-state index < -0.39 is 0 Å². The van der Waals surface area contributed by atoms with Gasteiger partial charge in [-0.05, 0) is 31.0 Å². The second-order valence-electron chi connectivity index (χ2n) is 5.64. The molecule has 5 heteroatoms. The number of phenols is 1. The molecular weight excluding hydrogens is 318 g/mol. The number of rotatable bonds is 6. The highest BCUT2D eigenvalue weighted by Gasteiger charge is 2.20. The minimum Gasteiger partial charge on any atom is -0.508 e. The molecule has 3 nitrogen and oxygen atoms in total. The lowest BCUT2D eigenvalue weighted by Gasteiger charge is -2.25. The summed E-state index contributed by atoms with van der Waals surface area (Å²) in [5, 5.41) is 10.0. The van der Waals surface area contributed by atoms with E-state index in [9.17, 15) is 5.11 Å². The lowest BCUT2D eigenvalue weighted by Crippen LogP contribution is -2.31. The highest BCUT2D eigenvalue weighted by molar-refractivity contribution is 7.16. The number of ether oxygens (including phenoxy) is 1. The third kappa shape index (κ3) is 4.23. The van der Waals surface area contributed by atoms with Gasteiger partial charge in [-0.3, -0.25) is 4.90 Å². The van der Waals surface area contributed by atoms with Crippen molar-refractivity contribution in [3.8, 4) is 5.75 Å². The molecule has 2 heterocycles. The lowest BCUT2D eigenvalue weighted by molar-refractivity contribution is 0.0680. The van der Waals surface area contributed by atoms with Crippen molar-refractivity contribution in [2.75, 3.05) is 13.2 Å². The second kappa shape index (κ2) is 7.47. The van der Waals surface area contributed by atoms with Gasteiger partial charge in [-0.15, -0.1) is 11.3 Å². The maximum Gasteiger partial charge on any atom is 0.120 e. The van der Waals surface area contributed by atoms with Crippen LogP contribution in [-0.4, -0.2) is 29.3 Å². The molecule has 0 radical (unpaired) electrons. The SMILES string of the molecule is Oc1ccccc1CN(Cc1ccc(Cl)s1)CC1CCCO1. The summed E-state index contributed by atoms with van der Waals surface area (Å²) in [4.78, 5) is 3.56. The minimum absolute atomic E-state index is 0.293. The molecular formula is C17H20ClNO2S. The maximum atomic E-state index is 10.0. The Morgan fingerprint density at radius 1 is 1.23 bits per heavy atom. The molecule has 1 aliphatic heterocycles. The van der Waals surface area contributed by atoms with Crippen molar-refractivity contribution >= 4 is 22.9 Å². The van der Waals surface area contributed by atoms with E-state index in [0.717, 1.165) is 42.4 Å². The fourth-order valence-corrected chi connectivity index (χ4v) is 3.93. The van der Waals surface area contributed by atoms with Crippen molar-refractivity contribution in [1.29, 1.82) is 0 Å². The normalized spacial score (nSPS) is 18.2. The van der Waals surface area contributed by atoms with Crippen molar-refractivity contribution < 1.29 is 9.84 Å². The molecule has 1 saturated heterocycles. The molecule has 1 aliphatic rings. The molecule has 0 aliphatic carbocycles. The minimum atomic E-state index is 0.293. The third-order valence-electron chi connectivity index (χ3n) is 3.88. The van der Waals surface area contributed by atoms with Crippen molar-refractivity contribution in [3.05, 3.63) is 51.2 Å². The molecule has 22 heavy (non-hydrogen) atoms. The van der Waals surface area contributed by atoms with Crippen molar-refractivity contribution in [1.82, 2.24) is 4.90 Å². The van der Waals surface area contributed by atoms with Gasteiger partial charge in [0.1, 0.15) is 5.75 Å². The number of benzene rings is 1. The molecule has 1 aromatic heterocycles. The molecule has 1 aromatic carbocycles. The van der Waals surface area contributed by atoms with Gasteiger partial charge in [-0.1, -0.05) is 29.8 Å². The predicted molar refractivity (Wildman–Crippen MR) is 90.5 cm³/mol. The molecule has 0 amide bonds. The number of para-hydroxylation sites is 1. The van der Waals surface area contributed by atoms with Crippen LogP contribution in [0.1, 0.15) is 23.3 Å². The maximum absolute atomic E-state index is 10.0. The van der Waals surface area contributed by atoms with Gasteiger partial charge in [0, 0.05) is 36.7 Å². The van der Waals surface area contributed by atoms with Gasteiger partial charge in [0.05, 0.1) is 10.4 Å². The van der Waals surface area contributed by atoms with E-state index in [0.29, 0.717) is 18.4 Å². The van der Waals surface area contributed by atoms with Gasteiger partial charge in [-0.2, -0.15) is 0 Å². The Hall–Kier alpha value is -1.07. The van der Waals surface area contributed by atoms with E-state index >= 15 is 0 Å². The van der Waals surface area contributed by atoms with E-state index in [-0.39, 0.29) is 0 Å². The monoisotopic (exact) mass is 337 g/mol. The first-order valence-electron chi connectivity index (χ1n) is 7.56. The molecule has 1 atom stereocenters. The summed E-state index contributed by atoms with van der Waals surface area (Å²) >= 11 is 7.64. The summed E-state index contributed by atoms with van der Waals surface area (Å²) in [6, 6.07) is 11.5. The zero-order valence-corrected chi connectivity index (χ0v) is 13.9. The van der Waals surface area contributed by atoms with Crippen molar-refractivity contribution in [2.45, 2.75) is 32.0 Å². The Morgan fingerprint density at radius 2 is 2.09 bits per heavy atom. The number of thiophene rings is 1. The van der Waals surface area contributed by atoms with E-state index in [2.05, 4.69) is 11.0 Å². The summed E-state index contributed by atoms with van der Waals surface area (Å²) in [6.45, 7) is 3.28. The quantitative estimate of drug-likeness (QED) is 0.853. The van der Waals surface area contributed by atoms with Crippen LogP contribution in [0.15, 0.2) is 36.4 Å². The van der Waals surface area contributed by atoms with Crippen LogP contribution in [0.4, 0.5) is 0 Å². The van der Waals surface area contributed by atoms with Gasteiger partial charge in [0.2, 0.25) is 0 Å². The Balaban J connectivity index is 1.71. The van der Waals surface area contributed by atoms with Crippen LogP contribution in [0.25, 0.3) is 0 Å². The number of hydrogen-bond donors (Lipinski definition) is 1. The molecule has 0 bridgehead atoms. The van der Waals surface area contributed by atoms with Gasteiger partial charge < -0.3 is 9.84 Å². The molecule has 1 N–H and O–H groups in total. The fraction of sp³-hybridized carbons (Fsp3) is 0.412. The zero-order valence-electron chi connectivity index (χ0n) is 12.4. The molecule has 118 valence electrons. The summed E-state index contributed by atoms with van der Waals surface area (Å²) in [7, 11) is 0. The number of hydrogen-bond acceptors (Lipinski definition) is 4. The van der Waals surface area contributed by atoms with Crippen molar-refractivity contribution in [3.63, 3.8) is 0 Å². The van der Waals surface area contributed by atoms with Gasteiger partial charge in [0.15, 0.2) is 0 Å². The van der Waals surface area contributed by atoms with Gasteiger partial charge in [-0.25, -0.2) is 0 Å². The predicted octanol–water partition coefficient (Wildman–Crippen LogP) is 4.29. The number of halogens is 1. The van der Waals surface area contributed by atoms with Crippen LogP contribution in [0.2, 0.25) is 4.34 Å². The number of nitrogens with zero attached hydrogens (tertiary/aromatic N) is 1. The standard InChI is InChI=1S/C17H20ClNO2S/c18-17-8-7-15(22-17)12-19(11-14-5-3-9-21-14)10-13-4-1-2-6-16(13)20/h1-2,4,6-8,14,20H,3,5,9-12H2. The molecule has 1 unspecified atom stereocenters. The van der Waals surface area contributed by atoms with Crippen LogP contribution in [0.5, 0.6) is 5.75 Å². The summed E-state index contributed by atoms with van der Waals surface area (Å²) in [5.74, 6) is 0.351. The van der Waals surface area contributed by atoms with Crippen LogP contribution >= 0.6 is 22.9 Å². The topological polar surface area (TPSA) is 32.7 Å². The zero-order chi connectivity index (χ0) is 15.4. The van der Waals surface area contributed by atoms with E-state index in [1.165, 1.54) is 4.88 Å². The van der Waals surface area contributed by atoms with Crippen LogP contribution in [-0.2, 0) is 17.8 Å². The first-order chi connectivity index (χ1) is 10.7. The van der Waals surface area contributed by atoms with Gasteiger partial charge >= 0.3 is 0 Å². The molecule has 0 saturated carbocycles. The van der Waals surface area contributed by atoms with E-state index in [4.69, 9.17) is 16.3 Å². The Morgan fingerprint density at radius 3 is 2.77 bits per heavy atom. The molecule has 2 aromatic rings. The Labute approximate surface area is 140 Å². The lowest BCUT2D eigenvalue weighted by atomic mass is 10.1. The first kappa shape index (κ1) is 15.8. The fourth-order valence-electron chi connectivity index (χ4n) is 2.80. The van der Waals surface area contributed by atoms with Crippen LogP contribution in [0, 0.1) is 0 Å². The summed E-state index contributed by atoms with van der Waals surface area (Å²) in [5.41, 5.74) is 0.947. The molecule has 3 rings (SSSR count). The van der Waals surface area contributed by atoms with E-state index in [1.54, 1.807) is 17.4 Å². The molecule has 0 spiro atoms. The highest BCUT2D eigenvalue weighted by Crippen LogP contribution is 2.26. The Bertz CT molecular complexity index is 610. The summed E-state index contributed by atoms with van der Waals surface area (Å²) in [6.07, 6.45) is 2.55. The first-order valence-corrected chi connectivity index (χ1v) is 8.75. The number of phenolic OH excluding ortho intramolecular Hbond substituents is 1. The smallest absolute Gasteiger partial charge is 0.120 e. The summed E-state index contributed by atoms with van der Waals surface area (Å²) < 4.78 is 6.58.